The minimum atomic E-state index is -0.584. The van der Waals surface area contributed by atoms with E-state index < -0.39 is 17.7 Å². The Labute approximate surface area is 167 Å². The topological polar surface area (TPSA) is 77.2 Å². The average molecular weight is 414 g/mol. The number of amides is 1. The summed E-state index contributed by atoms with van der Waals surface area (Å²) < 4.78 is 24.0. The lowest BCUT2D eigenvalue weighted by atomic mass is 10.2. The first-order valence-corrected chi connectivity index (χ1v) is 10.8. The molecule has 1 amide bonds. The number of carbonyl (C=O) groups excluding carboxylic acids is 1. The molecule has 2 rings (SSSR count). The maximum atomic E-state index is 13.0. The van der Waals surface area contributed by atoms with Crippen molar-refractivity contribution < 1.29 is 18.3 Å². The van der Waals surface area contributed by atoms with E-state index in [1.807, 2.05) is 6.26 Å². The monoisotopic (exact) mass is 413 g/mol. The average Bonchev–Trinajstić information content (AvgIpc) is 3.05. The third kappa shape index (κ3) is 7.80. The summed E-state index contributed by atoms with van der Waals surface area (Å²) in [6.07, 6.45) is 2.11. The van der Waals surface area contributed by atoms with Gasteiger partial charge < -0.3 is 14.5 Å². The Kier molecular flexibility index (Phi) is 7.97. The normalized spacial score (nSPS) is 12.6. The Morgan fingerprint density at radius 1 is 1.30 bits per heavy atom. The van der Waals surface area contributed by atoms with E-state index in [9.17, 15) is 9.18 Å². The maximum Gasteiger partial charge on any atom is 0.408 e. The molecule has 0 aliphatic carbocycles. The van der Waals surface area contributed by atoms with Crippen LogP contribution >= 0.6 is 23.5 Å². The van der Waals surface area contributed by atoms with Crippen LogP contribution in [0.3, 0.4) is 0 Å². The first kappa shape index (κ1) is 21.6. The number of hydrogen-bond acceptors (Lipinski definition) is 7. The standard InChI is InChI=1S/C18H24FN3O3S2/c1-18(2,3)25-16(23)20-14(9-10-26-4)15-21-22-17(24-15)27-11-12-5-7-13(19)8-6-12/h5-8,14H,9-11H2,1-4H3,(H,20,23)/t14-/m1/s1. The van der Waals surface area contributed by atoms with E-state index in [2.05, 4.69) is 15.5 Å². The summed E-state index contributed by atoms with van der Waals surface area (Å²) in [5.74, 6) is 1.47. The van der Waals surface area contributed by atoms with E-state index in [0.29, 0.717) is 23.3 Å². The van der Waals surface area contributed by atoms with Gasteiger partial charge in [-0.3, -0.25) is 0 Å². The van der Waals surface area contributed by atoms with Gasteiger partial charge in [0.2, 0.25) is 5.89 Å². The highest BCUT2D eigenvalue weighted by Crippen LogP contribution is 2.25. The summed E-state index contributed by atoms with van der Waals surface area (Å²) in [6.45, 7) is 5.42. The zero-order valence-corrected chi connectivity index (χ0v) is 17.5. The van der Waals surface area contributed by atoms with Crippen LogP contribution in [0.2, 0.25) is 0 Å². The van der Waals surface area contributed by atoms with Crippen molar-refractivity contribution in [1.82, 2.24) is 15.5 Å². The zero-order valence-electron chi connectivity index (χ0n) is 15.8. The van der Waals surface area contributed by atoms with Crippen molar-refractivity contribution >= 4 is 29.6 Å². The van der Waals surface area contributed by atoms with Gasteiger partial charge in [0.15, 0.2) is 0 Å². The van der Waals surface area contributed by atoms with Crippen molar-refractivity contribution in [2.24, 2.45) is 0 Å². The number of nitrogens with zero attached hydrogens (tertiary/aromatic N) is 2. The highest BCUT2D eigenvalue weighted by molar-refractivity contribution is 7.98. The molecule has 27 heavy (non-hydrogen) atoms. The number of nitrogens with one attached hydrogen (secondary N) is 1. The molecule has 9 heteroatoms. The first-order chi connectivity index (χ1) is 12.8. The Balaban J connectivity index is 1.99. The minimum Gasteiger partial charge on any atom is -0.444 e. The predicted molar refractivity (Wildman–Crippen MR) is 105 cm³/mol. The maximum absolute atomic E-state index is 13.0. The van der Waals surface area contributed by atoms with E-state index in [4.69, 9.17) is 9.15 Å². The van der Waals surface area contributed by atoms with Gasteiger partial charge in [-0.25, -0.2) is 9.18 Å². The Morgan fingerprint density at radius 3 is 2.63 bits per heavy atom. The van der Waals surface area contributed by atoms with Crippen LogP contribution in [0.4, 0.5) is 9.18 Å². The number of rotatable bonds is 8. The molecular formula is C18H24FN3O3S2. The van der Waals surface area contributed by atoms with Gasteiger partial charge in [0, 0.05) is 5.75 Å². The number of hydrogen-bond donors (Lipinski definition) is 1. The van der Waals surface area contributed by atoms with Crippen molar-refractivity contribution in [3.05, 3.63) is 41.5 Å². The van der Waals surface area contributed by atoms with Crippen LogP contribution in [-0.2, 0) is 10.5 Å². The molecule has 0 aliphatic heterocycles. The van der Waals surface area contributed by atoms with Gasteiger partial charge in [0.25, 0.3) is 5.22 Å². The molecule has 2 aromatic rings. The number of ether oxygens (including phenoxy) is 1. The van der Waals surface area contributed by atoms with E-state index in [-0.39, 0.29) is 5.82 Å². The van der Waals surface area contributed by atoms with E-state index in [1.165, 1.54) is 23.9 Å². The highest BCUT2D eigenvalue weighted by Gasteiger charge is 2.24. The summed E-state index contributed by atoms with van der Waals surface area (Å²) in [5, 5.41) is 11.3. The number of alkyl carbamates (subject to hydrolysis) is 1. The quantitative estimate of drug-likeness (QED) is 0.622. The first-order valence-electron chi connectivity index (χ1n) is 8.46. The van der Waals surface area contributed by atoms with Crippen molar-refractivity contribution in [2.45, 2.75) is 49.8 Å². The number of halogens is 1. The molecule has 0 aliphatic rings. The van der Waals surface area contributed by atoms with Crippen LogP contribution in [0.15, 0.2) is 33.9 Å². The van der Waals surface area contributed by atoms with Crippen LogP contribution < -0.4 is 5.32 Å². The van der Waals surface area contributed by atoms with Crippen molar-refractivity contribution in [3.8, 4) is 0 Å². The molecular weight excluding hydrogens is 389 g/mol. The number of thioether (sulfide) groups is 2. The molecule has 0 bridgehead atoms. The molecule has 0 unspecified atom stereocenters. The molecule has 0 fully saturated rings. The van der Waals surface area contributed by atoms with E-state index in [1.54, 1.807) is 44.7 Å². The van der Waals surface area contributed by atoms with Gasteiger partial charge in [-0.05, 0) is 56.9 Å². The number of benzene rings is 1. The number of carbonyl (C=O) groups is 1. The van der Waals surface area contributed by atoms with Crippen molar-refractivity contribution in [1.29, 1.82) is 0 Å². The van der Waals surface area contributed by atoms with Gasteiger partial charge in [-0.1, -0.05) is 23.9 Å². The molecule has 6 nitrogen and oxygen atoms in total. The van der Waals surface area contributed by atoms with Gasteiger partial charge in [-0.15, -0.1) is 10.2 Å². The molecule has 1 heterocycles. The number of aromatic nitrogens is 2. The molecule has 0 saturated carbocycles. The lowest BCUT2D eigenvalue weighted by Crippen LogP contribution is -2.35. The minimum absolute atomic E-state index is 0.270. The fourth-order valence-corrected chi connectivity index (χ4v) is 3.29. The Morgan fingerprint density at radius 2 is 2.00 bits per heavy atom. The van der Waals surface area contributed by atoms with Crippen LogP contribution in [-0.4, -0.2) is 33.9 Å². The lowest BCUT2D eigenvalue weighted by molar-refractivity contribution is 0.0493. The second-order valence-electron chi connectivity index (χ2n) is 6.80. The molecule has 0 saturated heterocycles. The van der Waals surface area contributed by atoms with Gasteiger partial charge in [-0.2, -0.15) is 11.8 Å². The smallest absolute Gasteiger partial charge is 0.408 e. The summed E-state index contributed by atoms with van der Waals surface area (Å²) in [5.41, 5.74) is 0.367. The summed E-state index contributed by atoms with van der Waals surface area (Å²) in [6, 6.07) is 5.84. The molecule has 1 atom stereocenters. The fraction of sp³-hybridized carbons (Fsp3) is 0.500. The Bertz CT molecular complexity index is 732. The van der Waals surface area contributed by atoms with E-state index in [0.717, 1.165) is 11.3 Å². The summed E-state index contributed by atoms with van der Waals surface area (Å²) in [4.78, 5) is 12.1. The van der Waals surface area contributed by atoms with Crippen molar-refractivity contribution in [3.63, 3.8) is 0 Å². The van der Waals surface area contributed by atoms with Crippen LogP contribution in [0.5, 0.6) is 0 Å². The SMILES string of the molecule is CSCC[C@@H](NC(=O)OC(C)(C)C)c1nnc(SCc2ccc(F)cc2)o1. The van der Waals surface area contributed by atoms with E-state index >= 15 is 0 Å². The third-order valence-corrected chi connectivity index (χ3v) is 4.83. The lowest BCUT2D eigenvalue weighted by Gasteiger charge is -2.22. The molecule has 1 aromatic heterocycles. The van der Waals surface area contributed by atoms with Gasteiger partial charge in [0.1, 0.15) is 17.5 Å². The highest BCUT2D eigenvalue weighted by atomic mass is 32.2. The van der Waals surface area contributed by atoms with Gasteiger partial charge in [0.05, 0.1) is 0 Å². The molecule has 148 valence electrons. The second kappa shape index (κ2) is 9.98. The third-order valence-electron chi connectivity index (χ3n) is 3.30. The van der Waals surface area contributed by atoms with Crippen LogP contribution in [0.25, 0.3) is 0 Å². The molecule has 1 N–H and O–H groups in total. The van der Waals surface area contributed by atoms with Gasteiger partial charge >= 0.3 is 6.09 Å². The molecule has 0 radical (unpaired) electrons. The predicted octanol–water partition coefficient (Wildman–Crippen LogP) is 4.82. The van der Waals surface area contributed by atoms with Crippen LogP contribution in [0.1, 0.15) is 44.7 Å². The fourth-order valence-electron chi connectivity index (χ4n) is 2.09. The Hall–Kier alpha value is -1.74. The summed E-state index contributed by atoms with van der Waals surface area (Å²) in [7, 11) is 0. The summed E-state index contributed by atoms with van der Waals surface area (Å²) >= 11 is 3.02. The second-order valence-corrected chi connectivity index (χ2v) is 8.71. The van der Waals surface area contributed by atoms with Crippen LogP contribution in [0, 0.1) is 5.82 Å². The zero-order chi connectivity index (χ0) is 19.9. The molecule has 1 aromatic carbocycles. The molecule has 0 spiro atoms. The largest absolute Gasteiger partial charge is 0.444 e. The van der Waals surface area contributed by atoms with Crippen molar-refractivity contribution in [2.75, 3.05) is 12.0 Å².